The van der Waals surface area contributed by atoms with Gasteiger partial charge in [0, 0.05) is 5.41 Å². The Labute approximate surface area is 222 Å². The second kappa shape index (κ2) is 12.3. The first-order valence-corrected chi connectivity index (χ1v) is 14.2. The van der Waals surface area contributed by atoms with Gasteiger partial charge in [0.2, 0.25) is 0 Å². The monoisotopic (exact) mass is 482 g/mol. The van der Waals surface area contributed by atoms with Gasteiger partial charge in [0.15, 0.2) is 0 Å². The molecule has 0 aliphatic heterocycles. The zero-order valence-electron chi connectivity index (χ0n) is 24.2. The summed E-state index contributed by atoms with van der Waals surface area (Å²) in [6.45, 7) is 20.4. The van der Waals surface area contributed by atoms with Crippen LogP contribution in [-0.4, -0.2) is 0 Å². The van der Waals surface area contributed by atoms with Crippen LogP contribution < -0.4 is 0 Å². The maximum absolute atomic E-state index is 4.05. The van der Waals surface area contributed by atoms with Crippen molar-refractivity contribution in [3.8, 4) is 0 Å². The lowest BCUT2D eigenvalue weighted by molar-refractivity contribution is 0.449. The zero-order chi connectivity index (χ0) is 26.3. The highest BCUT2D eigenvalue weighted by Crippen LogP contribution is 2.44. The summed E-state index contributed by atoms with van der Waals surface area (Å²) in [4.78, 5) is 0. The molecule has 0 bridgehead atoms. The van der Waals surface area contributed by atoms with Crippen LogP contribution in [0.4, 0.5) is 0 Å². The highest BCUT2D eigenvalue weighted by molar-refractivity contribution is 5.49. The van der Waals surface area contributed by atoms with Crippen LogP contribution >= 0.6 is 0 Å². The summed E-state index contributed by atoms with van der Waals surface area (Å²) in [5.74, 6) is 0.568. The predicted molar refractivity (Wildman–Crippen MR) is 160 cm³/mol. The predicted octanol–water partition coefficient (Wildman–Crippen LogP) is 10.5. The number of unbranched alkanes of at least 4 members (excludes halogenated alkanes) is 3. The summed E-state index contributed by atoms with van der Waals surface area (Å²) >= 11 is 0. The van der Waals surface area contributed by atoms with Crippen molar-refractivity contribution in [2.45, 2.75) is 105 Å². The molecule has 0 aromatic heterocycles. The maximum Gasteiger partial charge on any atom is 0.0212 e. The number of hydrogen-bond donors (Lipinski definition) is 0. The molecular weight excluding hydrogens is 432 g/mol. The second-order valence-electron chi connectivity index (χ2n) is 12.7. The molecule has 0 heterocycles. The summed E-state index contributed by atoms with van der Waals surface area (Å²) in [7, 11) is 0. The van der Waals surface area contributed by atoms with Crippen molar-refractivity contribution in [3.05, 3.63) is 106 Å². The van der Waals surface area contributed by atoms with Crippen LogP contribution in [0, 0.1) is 18.3 Å². The van der Waals surface area contributed by atoms with Crippen LogP contribution in [0.3, 0.4) is 0 Å². The molecule has 1 aliphatic rings. The Kier molecular flexibility index (Phi) is 9.62. The largest absolute Gasteiger partial charge is 0.100 e. The van der Waals surface area contributed by atoms with E-state index < -0.39 is 0 Å². The molecule has 0 heteroatoms. The van der Waals surface area contributed by atoms with Crippen LogP contribution in [0.25, 0.3) is 0 Å². The van der Waals surface area contributed by atoms with Crippen LogP contribution in [-0.2, 0) is 18.3 Å². The van der Waals surface area contributed by atoms with E-state index in [4.69, 9.17) is 0 Å². The standard InChI is InChI=1S/C36H50/c1-27(2)16-12-9-10-15-19-31-24-32(21-20-29(31)4)36(8,26-30-17-13-11-14-18-30)34-23-28(3)22-33(25-34)35(5,6)7/h11,13-14,17-18,20-21,23-25,28H,1,9-10,12,15-16,19,22,26H2,2-8H3. The van der Waals surface area contributed by atoms with Crippen molar-refractivity contribution in [2.75, 3.05) is 0 Å². The van der Waals surface area contributed by atoms with Gasteiger partial charge in [-0.2, -0.15) is 0 Å². The van der Waals surface area contributed by atoms with Gasteiger partial charge >= 0.3 is 0 Å². The molecule has 3 rings (SSSR count). The molecule has 2 unspecified atom stereocenters. The van der Waals surface area contributed by atoms with Crippen LogP contribution in [0.2, 0.25) is 0 Å². The zero-order valence-corrected chi connectivity index (χ0v) is 24.2. The first-order valence-electron chi connectivity index (χ1n) is 14.2. The Bertz CT molecular complexity index is 1070. The van der Waals surface area contributed by atoms with E-state index in [1.165, 1.54) is 78.3 Å². The molecule has 36 heavy (non-hydrogen) atoms. The molecule has 2 atom stereocenters. The quantitative estimate of drug-likeness (QED) is 0.221. The molecule has 0 spiro atoms. The molecule has 2 aromatic carbocycles. The highest BCUT2D eigenvalue weighted by Gasteiger charge is 2.34. The average molecular weight is 483 g/mol. The normalized spacial score (nSPS) is 17.8. The average Bonchev–Trinajstić information content (AvgIpc) is 2.81. The minimum atomic E-state index is -0.0591. The van der Waals surface area contributed by atoms with Gasteiger partial charge < -0.3 is 0 Å². The molecule has 0 N–H and O–H groups in total. The lowest BCUT2D eigenvalue weighted by Crippen LogP contribution is -2.30. The fourth-order valence-corrected chi connectivity index (χ4v) is 5.63. The van der Waals surface area contributed by atoms with Crippen LogP contribution in [0.1, 0.15) is 102 Å². The van der Waals surface area contributed by atoms with Gasteiger partial charge in [0.05, 0.1) is 0 Å². The van der Waals surface area contributed by atoms with E-state index >= 15 is 0 Å². The topological polar surface area (TPSA) is 0 Å². The van der Waals surface area contributed by atoms with Crippen molar-refractivity contribution < 1.29 is 0 Å². The van der Waals surface area contributed by atoms with E-state index in [1.807, 2.05) is 0 Å². The second-order valence-corrected chi connectivity index (χ2v) is 12.7. The van der Waals surface area contributed by atoms with Gasteiger partial charge in [-0.05, 0) is 91.5 Å². The van der Waals surface area contributed by atoms with Crippen LogP contribution in [0.15, 0.2) is 84.0 Å². The first-order chi connectivity index (χ1) is 17.0. The number of rotatable bonds is 11. The van der Waals surface area contributed by atoms with Crippen molar-refractivity contribution >= 4 is 0 Å². The molecular formula is C36H50. The van der Waals surface area contributed by atoms with Gasteiger partial charge in [-0.15, -0.1) is 6.58 Å². The number of aryl methyl sites for hydroxylation is 2. The Hall–Kier alpha value is -2.34. The maximum atomic E-state index is 4.05. The van der Waals surface area contributed by atoms with Gasteiger partial charge in [-0.1, -0.05) is 119 Å². The van der Waals surface area contributed by atoms with E-state index in [1.54, 1.807) is 5.57 Å². The summed E-state index contributed by atoms with van der Waals surface area (Å²) in [6.07, 6.45) is 14.8. The Morgan fingerprint density at radius 1 is 0.944 bits per heavy atom. The summed E-state index contributed by atoms with van der Waals surface area (Å²) in [5, 5.41) is 0. The minimum Gasteiger partial charge on any atom is -0.100 e. The van der Waals surface area contributed by atoms with Crippen molar-refractivity contribution in [3.63, 3.8) is 0 Å². The third-order valence-electron chi connectivity index (χ3n) is 8.12. The van der Waals surface area contributed by atoms with Gasteiger partial charge in [0.1, 0.15) is 0 Å². The Morgan fingerprint density at radius 2 is 1.64 bits per heavy atom. The Morgan fingerprint density at radius 3 is 2.31 bits per heavy atom. The fraction of sp³-hybridized carbons (Fsp3) is 0.500. The summed E-state index contributed by atoms with van der Waals surface area (Å²) < 4.78 is 0. The SMILES string of the molecule is C=C(C)CCCCCCc1cc(C(C)(Cc2ccccc2)C2=CC(C)CC(C(C)(C)C)=C2)ccc1C. The first kappa shape index (κ1) is 28.2. The molecule has 194 valence electrons. The fourth-order valence-electron chi connectivity index (χ4n) is 5.63. The molecule has 0 fully saturated rings. The third-order valence-corrected chi connectivity index (χ3v) is 8.12. The lowest BCUT2D eigenvalue weighted by atomic mass is 9.66. The third kappa shape index (κ3) is 7.58. The van der Waals surface area contributed by atoms with E-state index in [9.17, 15) is 0 Å². The summed E-state index contributed by atoms with van der Waals surface area (Å²) in [6, 6.07) is 18.4. The molecule has 2 aromatic rings. The van der Waals surface area contributed by atoms with E-state index in [0.717, 1.165) is 6.42 Å². The van der Waals surface area contributed by atoms with E-state index in [-0.39, 0.29) is 10.8 Å². The smallest absolute Gasteiger partial charge is 0.0212 e. The molecule has 0 saturated carbocycles. The number of benzene rings is 2. The highest BCUT2D eigenvalue weighted by atomic mass is 14.4. The Balaban J connectivity index is 1.93. The van der Waals surface area contributed by atoms with Crippen molar-refractivity contribution in [2.24, 2.45) is 11.3 Å². The molecule has 1 aliphatic carbocycles. The summed E-state index contributed by atoms with van der Waals surface area (Å²) in [5.41, 5.74) is 10.3. The minimum absolute atomic E-state index is 0.0591. The molecule has 0 saturated heterocycles. The van der Waals surface area contributed by atoms with Gasteiger partial charge in [0.25, 0.3) is 0 Å². The van der Waals surface area contributed by atoms with E-state index in [0.29, 0.717) is 5.92 Å². The molecule has 0 radical (unpaired) electrons. The number of hydrogen-bond acceptors (Lipinski definition) is 0. The van der Waals surface area contributed by atoms with Crippen molar-refractivity contribution in [1.82, 2.24) is 0 Å². The lowest BCUT2D eigenvalue weighted by Gasteiger charge is -2.38. The van der Waals surface area contributed by atoms with Crippen LogP contribution in [0.5, 0.6) is 0 Å². The van der Waals surface area contributed by atoms with Gasteiger partial charge in [-0.3, -0.25) is 0 Å². The molecule has 0 amide bonds. The van der Waals surface area contributed by atoms with E-state index in [2.05, 4.69) is 116 Å². The number of allylic oxidation sites excluding steroid dienone is 5. The van der Waals surface area contributed by atoms with Gasteiger partial charge in [-0.25, -0.2) is 0 Å². The molecule has 0 nitrogen and oxygen atoms in total. The van der Waals surface area contributed by atoms with Crippen molar-refractivity contribution in [1.29, 1.82) is 0 Å².